The molecule has 2 unspecified atom stereocenters. The maximum absolute atomic E-state index is 11.5. The van der Waals surface area contributed by atoms with Crippen molar-refractivity contribution in [2.24, 2.45) is 15.9 Å². The van der Waals surface area contributed by atoms with Crippen LogP contribution in [0.3, 0.4) is 0 Å². The van der Waals surface area contributed by atoms with Crippen molar-refractivity contribution in [3.05, 3.63) is 30.5 Å². The lowest BCUT2D eigenvalue weighted by Gasteiger charge is -2.24. The number of allylic oxidation sites excluding steroid dienone is 2. The third kappa shape index (κ3) is 2.71. The summed E-state index contributed by atoms with van der Waals surface area (Å²) in [6.07, 6.45) is 8.36. The molecule has 0 aliphatic carbocycles. The molecular formula is C15H19N5O2. The SMILES string of the molecule is CC1=CCC(C2C(C(=O)O)CCN2C)=NC(n2ccnc2)=N1. The normalized spacial score (nSPS) is 26.2. The van der Waals surface area contributed by atoms with E-state index in [2.05, 4.69) is 19.9 Å². The molecule has 7 nitrogen and oxygen atoms in total. The van der Waals surface area contributed by atoms with Gasteiger partial charge in [0.05, 0.1) is 12.0 Å². The Bertz CT molecular complexity index is 659. The van der Waals surface area contributed by atoms with E-state index >= 15 is 0 Å². The van der Waals surface area contributed by atoms with Gasteiger partial charge < -0.3 is 5.11 Å². The molecule has 2 aliphatic heterocycles. The molecule has 0 radical (unpaired) electrons. The van der Waals surface area contributed by atoms with Crippen LogP contribution in [0.1, 0.15) is 19.8 Å². The fourth-order valence-electron chi connectivity index (χ4n) is 3.03. The second-order valence-electron chi connectivity index (χ2n) is 5.69. The number of carboxylic acids is 1. The number of rotatable bonds is 2. The smallest absolute Gasteiger partial charge is 0.308 e. The zero-order valence-electron chi connectivity index (χ0n) is 12.7. The first-order valence-corrected chi connectivity index (χ1v) is 7.30. The maximum Gasteiger partial charge on any atom is 0.308 e. The van der Waals surface area contributed by atoms with Crippen LogP contribution in [-0.4, -0.2) is 56.8 Å². The molecule has 1 N–H and O–H groups in total. The third-order valence-corrected chi connectivity index (χ3v) is 4.17. The summed E-state index contributed by atoms with van der Waals surface area (Å²) in [6, 6.07) is -0.187. The van der Waals surface area contributed by atoms with Gasteiger partial charge in [-0.1, -0.05) is 6.08 Å². The number of aliphatic imine (C=N–C) groups is 2. The summed E-state index contributed by atoms with van der Waals surface area (Å²) in [5.41, 5.74) is 1.71. The Morgan fingerprint density at radius 3 is 2.91 bits per heavy atom. The van der Waals surface area contributed by atoms with Gasteiger partial charge in [-0.25, -0.2) is 15.0 Å². The monoisotopic (exact) mass is 301 g/mol. The number of nitrogens with zero attached hydrogens (tertiary/aromatic N) is 5. The summed E-state index contributed by atoms with van der Waals surface area (Å²) >= 11 is 0. The molecule has 1 fully saturated rings. The molecule has 2 aliphatic rings. The average Bonchev–Trinajstić information content (AvgIpc) is 3.08. The first kappa shape index (κ1) is 14.6. The van der Waals surface area contributed by atoms with Crippen LogP contribution in [-0.2, 0) is 4.79 Å². The highest BCUT2D eigenvalue weighted by Crippen LogP contribution is 2.26. The maximum atomic E-state index is 11.5. The lowest BCUT2D eigenvalue weighted by atomic mass is 9.94. The number of aromatic nitrogens is 2. The molecule has 7 heteroatoms. The first-order chi connectivity index (χ1) is 10.6. The third-order valence-electron chi connectivity index (χ3n) is 4.17. The second kappa shape index (κ2) is 5.84. The minimum atomic E-state index is -0.761. The summed E-state index contributed by atoms with van der Waals surface area (Å²) in [5, 5.41) is 9.46. The molecule has 0 amide bonds. The quantitative estimate of drug-likeness (QED) is 0.891. The summed E-state index contributed by atoms with van der Waals surface area (Å²) in [7, 11) is 1.95. The van der Waals surface area contributed by atoms with E-state index in [1.807, 2.05) is 20.0 Å². The predicted molar refractivity (Wildman–Crippen MR) is 83.0 cm³/mol. The van der Waals surface area contributed by atoms with Gasteiger partial charge in [0.15, 0.2) is 0 Å². The molecule has 1 aromatic heterocycles. The second-order valence-corrected chi connectivity index (χ2v) is 5.69. The van der Waals surface area contributed by atoms with E-state index in [9.17, 15) is 9.90 Å². The Balaban J connectivity index is 1.99. The molecule has 1 saturated heterocycles. The molecule has 116 valence electrons. The zero-order chi connectivity index (χ0) is 15.7. The number of carboxylic acid groups (broad SMARTS) is 1. The molecule has 1 aromatic rings. The van der Waals surface area contributed by atoms with Crippen molar-refractivity contribution >= 4 is 17.6 Å². The van der Waals surface area contributed by atoms with Crippen molar-refractivity contribution in [3.63, 3.8) is 0 Å². The fourth-order valence-corrected chi connectivity index (χ4v) is 3.03. The van der Waals surface area contributed by atoms with Crippen LogP contribution in [0.5, 0.6) is 0 Å². The van der Waals surface area contributed by atoms with E-state index in [0.29, 0.717) is 18.8 Å². The molecule has 0 spiro atoms. The van der Waals surface area contributed by atoms with Crippen molar-refractivity contribution in [1.29, 1.82) is 0 Å². The van der Waals surface area contributed by atoms with Crippen molar-refractivity contribution in [2.45, 2.75) is 25.8 Å². The molecule has 0 aromatic carbocycles. The van der Waals surface area contributed by atoms with Crippen molar-refractivity contribution in [1.82, 2.24) is 14.5 Å². The number of carbonyl (C=O) groups is 1. The average molecular weight is 301 g/mol. The van der Waals surface area contributed by atoms with Gasteiger partial charge in [0.1, 0.15) is 6.33 Å². The highest BCUT2D eigenvalue weighted by atomic mass is 16.4. The van der Waals surface area contributed by atoms with Crippen molar-refractivity contribution < 1.29 is 9.90 Å². The Hall–Kier alpha value is -2.28. The van der Waals surface area contributed by atoms with Crippen molar-refractivity contribution in [2.75, 3.05) is 13.6 Å². The summed E-state index contributed by atoms with van der Waals surface area (Å²) in [6.45, 7) is 2.68. The van der Waals surface area contributed by atoms with Gasteiger partial charge in [0.25, 0.3) is 0 Å². The van der Waals surface area contributed by atoms with Crippen LogP contribution in [0.4, 0.5) is 0 Å². The highest BCUT2D eigenvalue weighted by Gasteiger charge is 2.40. The van der Waals surface area contributed by atoms with E-state index in [4.69, 9.17) is 0 Å². The number of imidazole rings is 1. The van der Waals surface area contributed by atoms with Gasteiger partial charge in [-0.2, -0.15) is 0 Å². The number of aliphatic carboxylic acids is 1. The largest absolute Gasteiger partial charge is 0.481 e. The highest BCUT2D eigenvalue weighted by molar-refractivity contribution is 6.04. The lowest BCUT2D eigenvalue weighted by molar-refractivity contribution is -0.141. The van der Waals surface area contributed by atoms with Gasteiger partial charge in [-0.3, -0.25) is 14.3 Å². The van der Waals surface area contributed by atoms with Crippen LogP contribution in [0, 0.1) is 5.92 Å². The van der Waals surface area contributed by atoms with E-state index < -0.39 is 11.9 Å². The predicted octanol–water partition coefficient (Wildman–Crippen LogP) is 1.24. The van der Waals surface area contributed by atoms with Gasteiger partial charge in [0.2, 0.25) is 5.96 Å². The Morgan fingerprint density at radius 2 is 2.23 bits per heavy atom. The van der Waals surface area contributed by atoms with E-state index in [1.165, 1.54) is 0 Å². The fraction of sp³-hybridized carbons (Fsp3) is 0.467. The van der Waals surface area contributed by atoms with E-state index in [-0.39, 0.29) is 6.04 Å². The summed E-state index contributed by atoms with van der Waals surface area (Å²) in [4.78, 5) is 26.8. The summed E-state index contributed by atoms with van der Waals surface area (Å²) in [5.74, 6) is -0.647. The van der Waals surface area contributed by atoms with E-state index in [1.54, 1.807) is 23.3 Å². The molecule has 22 heavy (non-hydrogen) atoms. The molecule has 3 rings (SSSR count). The minimum absolute atomic E-state index is 0.187. The Morgan fingerprint density at radius 1 is 1.41 bits per heavy atom. The van der Waals surface area contributed by atoms with Crippen molar-refractivity contribution in [3.8, 4) is 0 Å². The standard InChI is InChI=1S/C15H19N5O2/c1-10-3-4-12(13-11(14(21)22)5-7-19(13)2)18-15(17-10)20-8-6-16-9-20/h3,6,8-9,11,13H,4-5,7H2,1-2H3,(H,21,22). The van der Waals surface area contributed by atoms with Crippen LogP contribution in [0.2, 0.25) is 0 Å². The zero-order valence-corrected chi connectivity index (χ0v) is 12.7. The molecule has 3 heterocycles. The molecular weight excluding hydrogens is 282 g/mol. The molecule has 2 atom stereocenters. The molecule has 0 saturated carbocycles. The molecule has 0 bridgehead atoms. The van der Waals surface area contributed by atoms with Gasteiger partial charge in [-0.15, -0.1) is 0 Å². The number of hydrogen-bond acceptors (Lipinski definition) is 5. The van der Waals surface area contributed by atoms with Gasteiger partial charge >= 0.3 is 5.97 Å². The minimum Gasteiger partial charge on any atom is -0.481 e. The van der Waals surface area contributed by atoms with E-state index in [0.717, 1.165) is 18.0 Å². The lowest BCUT2D eigenvalue weighted by Crippen LogP contribution is -2.40. The Labute approximate surface area is 128 Å². The van der Waals surface area contributed by atoms with Crippen LogP contribution in [0.25, 0.3) is 0 Å². The van der Waals surface area contributed by atoms with Crippen LogP contribution >= 0.6 is 0 Å². The van der Waals surface area contributed by atoms with Crippen LogP contribution < -0.4 is 0 Å². The van der Waals surface area contributed by atoms with Gasteiger partial charge in [0, 0.05) is 30.2 Å². The topological polar surface area (TPSA) is 83.1 Å². The van der Waals surface area contributed by atoms with Crippen LogP contribution in [0.15, 0.2) is 40.5 Å². The number of likely N-dealkylation sites (tertiary alicyclic amines) is 1. The first-order valence-electron chi connectivity index (χ1n) is 7.30. The Kier molecular flexibility index (Phi) is 3.89. The van der Waals surface area contributed by atoms with Gasteiger partial charge in [-0.05, 0) is 26.9 Å². The summed E-state index contributed by atoms with van der Waals surface area (Å²) < 4.78 is 1.74. The number of hydrogen-bond donors (Lipinski definition) is 1.